The van der Waals surface area contributed by atoms with Crippen LogP contribution < -0.4 is 24.8 Å². The molecule has 0 unspecified atom stereocenters. The zero-order chi connectivity index (χ0) is 10.3. The molecular formula is C15H12Cl2Zr. The molecular weight excluding hydrogens is 342 g/mol. The molecule has 18 heavy (non-hydrogen) atoms. The second-order valence-corrected chi connectivity index (χ2v) is 3.24. The molecule has 0 saturated heterocycles. The first-order chi connectivity index (χ1) is 7.47. The minimum Gasteiger partial charge on any atom is -1.00 e. The average molecular weight is 354 g/mol. The zero-order valence-corrected chi connectivity index (χ0v) is 13.7. The Morgan fingerprint density at radius 2 is 1.39 bits per heavy atom. The molecule has 3 aromatic rings. The van der Waals surface area contributed by atoms with Crippen LogP contribution in [0.15, 0.2) is 72.8 Å². The Hall–Kier alpha value is -0.487. The summed E-state index contributed by atoms with van der Waals surface area (Å²) in [6.45, 7) is 0. The van der Waals surface area contributed by atoms with Crippen molar-refractivity contribution < 1.29 is 51.0 Å². The maximum absolute atomic E-state index is 3.04. The SMILES string of the molecule is [Cl-].[Cl-].[Zr+4].[c-]1ccc2ccccc2c1.c1cc[cH-]c1. The van der Waals surface area contributed by atoms with Crippen molar-refractivity contribution in [2.75, 3.05) is 0 Å². The van der Waals surface area contributed by atoms with Crippen molar-refractivity contribution in [1.82, 2.24) is 0 Å². The van der Waals surface area contributed by atoms with Gasteiger partial charge in [0.05, 0.1) is 0 Å². The molecule has 0 amide bonds. The van der Waals surface area contributed by atoms with Gasteiger partial charge in [0.25, 0.3) is 0 Å². The second-order valence-electron chi connectivity index (χ2n) is 3.24. The molecule has 0 radical (unpaired) electrons. The molecule has 0 aliphatic carbocycles. The first-order valence-electron chi connectivity index (χ1n) is 4.98. The van der Waals surface area contributed by atoms with E-state index in [0.717, 1.165) is 0 Å². The third-order valence-corrected chi connectivity index (χ3v) is 2.15. The molecule has 0 atom stereocenters. The maximum atomic E-state index is 3.04. The number of fused-ring (bicyclic) bond motifs is 1. The Labute approximate surface area is 140 Å². The summed E-state index contributed by atoms with van der Waals surface area (Å²) < 4.78 is 0. The van der Waals surface area contributed by atoms with E-state index in [4.69, 9.17) is 0 Å². The minimum absolute atomic E-state index is 0. The third kappa shape index (κ3) is 6.45. The van der Waals surface area contributed by atoms with Crippen molar-refractivity contribution in [3.63, 3.8) is 0 Å². The van der Waals surface area contributed by atoms with E-state index in [1.54, 1.807) is 0 Å². The van der Waals surface area contributed by atoms with E-state index in [1.165, 1.54) is 10.8 Å². The van der Waals surface area contributed by atoms with Crippen LogP contribution in [0.2, 0.25) is 0 Å². The summed E-state index contributed by atoms with van der Waals surface area (Å²) in [6, 6.07) is 27.3. The Balaban J connectivity index is 0. The van der Waals surface area contributed by atoms with Crippen LogP contribution in [0.25, 0.3) is 10.8 Å². The maximum Gasteiger partial charge on any atom is 4.00 e. The van der Waals surface area contributed by atoms with Gasteiger partial charge in [0.2, 0.25) is 0 Å². The summed E-state index contributed by atoms with van der Waals surface area (Å²) in [5.74, 6) is 0. The number of halogens is 2. The molecule has 3 rings (SSSR count). The van der Waals surface area contributed by atoms with Crippen molar-refractivity contribution in [3.8, 4) is 0 Å². The van der Waals surface area contributed by atoms with Gasteiger partial charge in [-0.1, -0.05) is 18.2 Å². The van der Waals surface area contributed by atoms with Crippen molar-refractivity contribution in [2.45, 2.75) is 0 Å². The van der Waals surface area contributed by atoms with Gasteiger partial charge in [0, 0.05) is 0 Å². The average Bonchev–Trinajstić information content (AvgIpc) is 2.88. The van der Waals surface area contributed by atoms with E-state index in [0.29, 0.717) is 0 Å². The van der Waals surface area contributed by atoms with Gasteiger partial charge in [-0.3, -0.25) is 0 Å². The number of hydrogen-bond donors (Lipinski definition) is 0. The molecule has 0 nitrogen and oxygen atoms in total. The predicted octanol–water partition coefficient (Wildman–Crippen LogP) is -1.95. The number of hydrogen-bond acceptors (Lipinski definition) is 0. The molecule has 0 bridgehead atoms. The van der Waals surface area contributed by atoms with Gasteiger partial charge in [0.15, 0.2) is 0 Å². The van der Waals surface area contributed by atoms with Crippen molar-refractivity contribution >= 4 is 10.8 Å². The first-order valence-corrected chi connectivity index (χ1v) is 4.98. The van der Waals surface area contributed by atoms with E-state index in [-0.39, 0.29) is 51.0 Å². The van der Waals surface area contributed by atoms with Gasteiger partial charge in [-0.25, -0.2) is 12.1 Å². The van der Waals surface area contributed by atoms with Crippen LogP contribution in [-0.2, 0) is 26.2 Å². The number of rotatable bonds is 0. The fourth-order valence-electron chi connectivity index (χ4n) is 1.39. The molecule has 0 aliphatic heterocycles. The second kappa shape index (κ2) is 11.6. The van der Waals surface area contributed by atoms with Crippen LogP contribution in [0.4, 0.5) is 0 Å². The molecule has 0 spiro atoms. The fourth-order valence-corrected chi connectivity index (χ4v) is 1.39. The van der Waals surface area contributed by atoms with Crippen LogP contribution in [0, 0.1) is 6.07 Å². The molecule has 0 fully saturated rings. The third-order valence-electron chi connectivity index (χ3n) is 2.15. The molecule has 0 aliphatic rings. The topological polar surface area (TPSA) is 0 Å². The molecule has 3 heteroatoms. The standard InChI is InChI=1S/C10H7.C5H5.2ClH.Zr/c1-2-6-10-8-4-3-7-9(10)5-1;1-2-4-5-3-1;;;/h1-3,5-8H;1-5H;2*1H;/q2*-1;;;+4/p-2. The van der Waals surface area contributed by atoms with Gasteiger partial charge >= 0.3 is 26.2 Å². The van der Waals surface area contributed by atoms with Gasteiger partial charge in [-0.2, -0.15) is 42.5 Å². The van der Waals surface area contributed by atoms with Crippen LogP contribution in [0.5, 0.6) is 0 Å². The van der Waals surface area contributed by atoms with Gasteiger partial charge in [-0.05, 0) is 0 Å². The van der Waals surface area contributed by atoms with E-state index >= 15 is 0 Å². The molecule has 90 valence electrons. The summed E-state index contributed by atoms with van der Waals surface area (Å²) in [6.07, 6.45) is 0. The summed E-state index contributed by atoms with van der Waals surface area (Å²) in [4.78, 5) is 0. The Bertz CT molecular complexity index is 424. The van der Waals surface area contributed by atoms with E-state index in [9.17, 15) is 0 Å². The zero-order valence-electron chi connectivity index (χ0n) is 9.68. The summed E-state index contributed by atoms with van der Waals surface area (Å²) in [5.41, 5.74) is 0. The van der Waals surface area contributed by atoms with Crippen LogP contribution in [0.3, 0.4) is 0 Å². The summed E-state index contributed by atoms with van der Waals surface area (Å²) in [5, 5.41) is 2.53. The predicted molar refractivity (Wildman–Crippen MR) is 64.8 cm³/mol. The smallest absolute Gasteiger partial charge is 1.00 e. The van der Waals surface area contributed by atoms with Gasteiger partial charge < -0.3 is 24.8 Å². The van der Waals surface area contributed by atoms with E-state index < -0.39 is 0 Å². The van der Waals surface area contributed by atoms with Crippen molar-refractivity contribution in [1.29, 1.82) is 0 Å². The van der Waals surface area contributed by atoms with Gasteiger partial charge in [0.1, 0.15) is 0 Å². The first kappa shape index (κ1) is 19.8. The quantitative estimate of drug-likeness (QED) is 0.412. The van der Waals surface area contributed by atoms with Gasteiger partial charge in [-0.15, -0.1) is 16.8 Å². The van der Waals surface area contributed by atoms with Crippen LogP contribution in [0.1, 0.15) is 0 Å². The van der Waals surface area contributed by atoms with E-state index in [1.807, 2.05) is 54.6 Å². The molecule has 3 aromatic carbocycles. The molecule has 0 saturated carbocycles. The van der Waals surface area contributed by atoms with Crippen LogP contribution in [-0.4, -0.2) is 0 Å². The van der Waals surface area contributed by atoms with Crippen molar-refractivity contribution in [3.05, 3.63) is 78.9 Å². The van der Waals surface area contributed by atoms with Crippen molar-refractivity contribution in [2.24, 2.45) is 0 Å². The summed E-state index contributed by atoms with van der Waals surface area (Å²) >= 11 is 0. The Kier molecular flexibility index (Phi) is 12.8. The fraction of sp³-hybridized carbons (Fsp3) is 0. The normalized spacial score (nSPS) is 7.78. The molecule has 0 N–H and O–H groups in total. The summed E-state index contributed by atoms with van der Waals surface area (Å²) in [7, 11) is 0. The molecule has 0 aromatic heterocycles. The largest absolute Gasteiger partial charge is 4.00 e. The molecule has 0 heterocycles. The minimum atomic E-state index is 0. The Morgan fingerprint density at radius 3 is 1.89 bits per heavy atom. The van der Waals surface area contributed by atoms with E-state index in [2.05, 4.69) is 24.3 Å². The van der Waals surface area contributed by atoms with Crippen LogP contribution >= 0.6 is 0 Å². The monoisotopic (exact) mass is 352 g/mol. The Morgan fingerprint density at radius 1 is 0.778 bits per heavy atom. The number of benzene rings is 2.